The number of hydrogen-bond donors (Lipinski definition) is 1. The summed E-state index contributed by atoms with van der Waals surface area (Å²) in [5, 5.41) is 3.01. The lowest BCUT2D eigenvalue weighted by atomic mass is 10.2. The van der Waals surface area contributed by atoms with Crippen molar-refractivity contribution in [2.24, 2.45) is 0 Å². The van der Waals surface area contributed by atoms with Gasteiger partial charge in [0.15, 0.2) is 11.5 Å². The van der Waals surface area contributed by atoms with E-state index in [0.29, 0.717) is 44.3 Å². The summed E-state index contributed by atoms with van der Waals surface area (Å²) in [7, 11) is 0. The number of hydrogen-bond acceptors (Lipinski definition) is 4. The SMILES string of the molecule is CCN(Cc1ccccc1)C(=O)N[C@@H]1CC(=O)N(c2ccc3c(c2)OCCO3)C1. The number of amides is 3. The quantitative estimate of drug-likeness (QED) is 0.845. The standard InChI is InChI=1S/C22H25N3O4/c1-2-24(14-16-6-4-3-5-7-16)22(27)23-17-12-21(26)25(15-17)18-8-9-19-20(13-18)29-11-10-28-19/h3-9,13,17H,2,10-12,14-15H2,1H3,(H,23,27)/t17-/m1/s1. The van der Waals surface area contributed by atoms with E-state index in [9.17, 15) is 9.59 Å². The van der Waals surface area contributed by atoms with Crippen LogP contribution in [0, 0.1) is 0 Å². The molecular formula is C22H25N3O4. The molecule has 2 aromatic rings. The van der Waals surface area contributed by atoms with Gasteiger partial charge in [-0.1, -0.05) is 30.3 Å². The third-order valence-electron chi connectivity index (χ3n) is 5.18. The van der Waals surface area contributed by atoms with Crippen LogP contribution in [-0.2, 0) is 11.3 Å². The van der Waals surface area contributed by atoms with Gasteiger partial charge in [0, 0.05) is 37.8 Å². The summed E-state index contributed by atoms with van der Waals surface area (Å²) in [5.74, 6) is 1.32. The zero-order chi connectivity index (χ0) is 20.2. The van der Waals surface area contributed by atoms with Gasteiger partial charge in [0.1, 0.15) is 13.2 Å². The Hall–Kier alpha value is -3.22. The van der Waals surface area contributed by atoms with Gasteiger partial charge in [-0.2, -0.15) is 0 Å². The van der Waals surface area contributed by atoms with Crippen LogP contribution in [0.1, 0.15) is 18.9 Å². The Kier molecular flexibility index (Phi) is 5.55. The van der Waals surface area contributed by atoms with Crippen LogP contribution in [0.5, 0.6) is 11.5 Å². The van der Waals surface area contributed by atoms with Gasteiger partial charge in [-0.05, 0) is 24.6 Å². The lowest BCUT2D eigenvalue weighted by Gasteiger charge is -2.24. The predicted octanol–water partition coefficient (Wildman–Crippen LogP) is 2.79. The van der Waals surface area contributed by atoms with Crippen LogP contribution in [0.15, 0.2) is 48.5 Å². The smallest absolute Gasteiger partial charge is 0.317 e. The van der Waals surface area contributed by atoms with Crippen molar-refractivity contribution in [2.75, 3.05) is 31.2 Å². The number of anilines is 1. The molecule has 1 saturated heterocycles. The first-order chi connectivity index (χ1) is 14.1. The molecule has 0 aromatic heterocycles. The molecule has 1 atom stereocenters. The molecule has 2 aliphatic rings. The van der Waals surface area contributed by atoms with Crippen molar-refractivity contribution in [1.29, 1.82) is 0 Å². The first-order valence-electron chi connectivity index (χ1n) is 9.93. The van der Waals surface area contributed by atoms with Gasteiger partial charge in [0.25, 0.3) is 0 Å². The maximum Gasteiger partial charge on any atom is 0.317 e. The summed E-state index contributed by atoms with van der Waals surface area (Å²) in [6.07, 6.45) is 0.281. The number of urea groups is 1. The number of carbonyl (C=O) groups is 2. The Morgan fingerprint density at radius 1 is 1.14 bits per heavy atom. The molecular weight excluding hydrogens is 370 g/mol. The Bertz CT molecular complexity index is 887. The number of nitrogens with zero attached hydrogens (tertiary/aromatic N) is 2. The largest absolute Gasteiger partial charge is 0.486 e. The normalized spacial score (nSPS) is 17.9. The summed E-state index contributed by atoms with van der Waals surface area (Å²) < 4.78 is 11.2. The van der Waals surface area contributed by atoms with E-state index in [4.69, 9.17) is 9.47 Å². The molecule has 2 aromatic carbocycles. The van der Waals surface area contributed by atoms with Crippen LogP contribution in [0.4, 0.5) is 10.5 Å². The fourth-order valence-corrected chi connectivity index (χ4v) is 3.65. The molecule has 1 fully saturated rings. The molecule has 29 heavy (non-hydrogen) atoms. The van der Waals surface area contributed by atoms with E-state index in [1.54, 1.807) is 9.80 Å². The summed E-state index contributed by atoms with van der Waals surface area (Å²) in [4.78, 5) is 28.7. The number of benzene rings is 2. The molecule has 0 aliphatic carbocycles. The number of fused-ring (bicyclic) bond motifs is 1. The third-order valence-corrected chi connectivity index (χ3v) is 5.18. The van der Waals surface area contributed by atoms with Crippen LogP contribution in [-0.4, -0.2) is 49.2 Å². The van der Waals surface area contributed by atoms with Crippen molar-refractivity contribution in [3.63, 3.8) is 0 Å². The Morgan fingerprint density at radius 3 is 2.66 bits per heavy atom. The number of rotatable bonds is 5. The molecule has 2 heterocycles. The van der Waals surface area contributed by atoms with E-state index in [0.717, 1.165) is 11.3 Å². The summed E-state index contributed by atoms with van der Waals surface area (Å²) in [6.45, 7) is 4.54. The van der Waals surface area contributed by atoms with Crippen LogP contribution in [0.3, 0.4) is 0 Å². The zero-order valence-electron chi connectivity index (χ0n) is 16.5. The van der Waals surface area contributed by atoms with E-state index in [1.165, 1.54) is 0 Å². The second kappa shape index (κ2) is 8.43. The third kappa shape index (κ3) is 4.29. The van der Waals surface area contributed by atoms with Crippen molar-refractivity contribution in [3.05, 3.63) is 54.1 Å². The number of ether oxygens (including phenoxy) is 2. The van der Waals surface area contributed by atoms with Gasteiger partial charge >= 0.3 is 6.03 Å². The van der Waals surface area contributed by atoms with Crippen LogP contribution in [0.2, 0.25) is 0 Å². The highest BCUT2D eigenvalue weighted by Gasteiger charge is 2.33. The molecule has 152 valence electrons. The van der Waals surface area contributed by atoms with Crippen molar-refractivity contribution < 1.29 is 19.1 Å². The fraction of sp³-hybridized carbons (Fsp3) is 0.364. The molecule has 3 amide bonds. The highest BCUT2D eigenvalue weighted by atomic mass is 16.6. The van der Waals surface area contributed by atoms with Gasteiger partial charge in [-0.3, -0.25) is 4.79 Å². The lowest BCUT2D eigenvalue weighted by Crippen LogP contribution is -2.45. The van der Waals surface area contributed by atoms with Crippen molar-refractivity contribution in [3.8, 4) is 11.5 Å². The highest BCUT2D eigenvalue weighted by molar-refractivity contribution is 5.97. The molecule has 2 aliphatic heterocycles. The Balaban J connectivity index is 1.39. The fourth-order valence-electron chi connectivity index (χ4n) is 3.65. The first-order valence-corrected chi connectivity index (χ1v) is 9.93. The van der Waals surface area contributed by atoms with E-state index < -0.39 is 0 Å². The summed E-state index contributed by atoms with van der Waals surface area (Å²) >= 11 is 0. The summed E-state index contributed by atoms with van der Waals surface area (Å²) in [6, 6.07) is 15.0. The Morgan fingerprint density at radius 2 is 1.90 bits per heavy atom. The van der Waals surface area contributed by atoms with Crippen molar-refractivity contribution in [1.82, 2.24) is 10.2 Å². The second-order valence-corrected chi connectivity index (χ2v) is 7.18. The zero-order valence-corrected chi connectivity index (χ0v) is 16.5. The molecule has 0 saturated carbocycles. The van der Waals surface area contributed by atoms with Gasteiger partial charge in [-0.25, -0.2) is 4.79 Å². The maximum atomic E-state index is 12.7. The molecule has 0 spiro atoms. The first kappa shape index (κ1) is 19.1. The molecule has 0 bridgehead atoms. The molecule has 0 unspecified atom stereocenters. The minimum Gasteiger partial charge on any atom is -0.486 e. The van der Waals surface area contributed by atoms with Crippen molar-refractivity contribution in [2.45, 2.75) is 25.9 Å². The predicted molar refractivity (Wildman–Crippen MR) is 109 cm³/mol. The van der Waals surface area contributed by atoms with E-state index in [2.05, 4.69) is 5.32 Å². The Labute approximate surface area is 170 Å². The van der Waals surface area contributed by atoms with Gasteiger partial charge in [-0.15, -0.1) is 0 Å². The minimum absolute atomic E-state index is 0.0157. The molecule has 1 N–H and O–H groups in total. The van der Waals surface area contributed by atoms with Crippen LogP contribution < -0.4 is 19.7 Å². The second-order valence-electron chi connectivity index (χ2n) is 7.18. The van der Waals surface area contributed by atoms with E-state index in [-0.39, 0.29) is 24.4 Å². The molecule has 0 radical (unpaired) electrons. The molecule has 4 rings (SSSR count). The minimum atomic E-state index is -0.229. The van der Waals surface area contributed by atoms with E-state index in [1.807, 2.05) is 55.5 Å². The molecule has 7 heteroatoms. The summed E-state index contributed by atoms with van der Waals surface area (Å²) in [5.41, 5.74) is 1.83. The lowest BCUT2D eigenvalue weighted by molar-refractivity contribution is -0.117. The highest BCUT2D eigenvalue weighted by Crippen LogP contribution is 2.35. The average molecular weight is 395 g/mol. The van der Waals surface area contributed by atoms with Gasteiger partial charge < -0.3 is 24.6 Å². The molecule has 7 nitrogen and oxygen atoms in total. The maximum absolute atomic E-state index is 12.7. The monoisotopic (exact) mass is 395 g/mol. The number of nitrogens with one attached hydrogen (secondary N) is 1. The topological polar surface area (TPSA) is 71.1 Å². The van der Waals surface area contributed by atoms with Crippen LogP contribution in [0.25, 0.3) is 0 Å². The van der Waals surface area contributed by atoms with Crippen LogP contribution >= 0.6 is 0 Å². The number of carbonyl (C=O) groups excluding carboxylic acids is 2. The van der Waals surface area contributed by atoms with Gasteiger partial charge in [0.2, 0.25) is 5.91 Å². The van der Waals surface area contributed by atoms with Gasteiger partial charge in [0.05, 0.1) is 6.04 Å². The average Bonchev–Trinajstić information content (AvgIpc) is 3.12. The van der Waals surface area contributed by atoms with E-state index >= 15 is 0 Å². The van der Waals surface area contributed by atoms with Crippen molar-refractivity contribution >= 4 is 17.6 Å².